The van der Waals surface area contributed by atoms with E-state index in [0.29, 0.717) is 0 Å². The van der Waals surface area contributed by atoms with Crippen LogP contribution in [-0.2, 0) is 9.53 Å². The summed E-state index contributed by atoms with van der Waals surface area (Å²) >= 11 is 0. The van der Waals surface area contributed by atoms with E-state index in [4.69, 9.17) is 5.73 Å². The zero-order chi connectivity index (χ0) is 14.6. The Balaban J connectivity index is 3.00. The van der Waals surface area contributed by atoms with Gasteiger partial charge in [0.25, 0.3) is 0 Å². The van der Waals surface area contributed by atoms with Crippen molar-refractivity contribution in [3.63, 3.8) is 0 Å². The zero-order valence-electron chi connectivity index (χ0n) is 10.0. The monoisotopic (exact) mass is 274 g/mol. The Kier molecular flexibility index (Phi) is 4.87. The maximum atomic E-state index is 13.6. The van der Waals surface area contributed by atoms with Gasteiger partial charge in [0.15, 0.2) is 0 Å². The highest BCUT2D eigenvalue weighted by Crippen LogP contribution is 2.24. The Hall–Kier alpha value is -2.09. The van der Waals surface area contributed by atoms with E-state index in [9.17, 15) is 23.7 Å². The van der Waals surface area contributed by atoms with Crippen LogP contribution in [0.2, 0.25) is 0 Å². The molecule has 104 valence electrons. The van der Waals surface area contributed by atoms with Crippen molar-refractivity contribution >= 4 is 11.7 Å². The highest BCUT2D eigenvalue weighted by atomic mass is 19.1. The summed E-state index contributed by atoms with van der Waals surface area (Å²) < 4.78 is 31.2. The first kappa shape index (κ1) is 15.0. The van der Waals surface area contributed by atoms with Crippen LogP contribution in [0, 0.1) is 15.9 Å². The van der Waals surface area contributed by atoms with Crippen LogP contribution in [0.5, 0.6) is 0 Å². The quantitative estimate of drug-likeness (QED) is 0.500. The summed E-state index contributed by atoms with van der Waals surface area (Å²) in [5.74, 6) is -2.23. The minimum Gasteiger partial charge on any atom is -0.464 e. The summed E-state index contributed by atoms with van der Waals surface area (Å²) in [4.78, 5) is 20.7. The number of rotatable bonds is 5. The van der Waals surface area contributed by atoms with Crippen molar-refractivity contribution in [2.24, 2.45) is 5.73 Å². The molecule has 0 aliphatic heterocycles. The average molecular weight is 274 g/mol. The molecule has 0 amide bonds. The van der Waals surface area contributed by atoms with E-state index in [0.717, 1.165) is 18.2 Å². The van der Waals surface area contributed by atoms with Crippen LogP contribution >= 0.6 is 0 Å². The van der Waals surface area contributed by atoms with E-state index < -0.39 is 34.6 Å². The number of hydrogen-bond acceptors (Lipinski definition) is 5. The number of nitro benzene ring substituents is 1. The van der Waals surface area contributed by atoms with Gasteiger partial charge in [-0.3, -0.25) is 10.1 Å². The molecule has 0 saturated carbocycles. The number of esters is 1. The summed E-state index contributed by atoms with van der Waals surface area (Å²) in [7, 11) is 0. The fourth-order valence-corrected chi connectivity index (χ4v) is 1.41. The summed E-state index contributed by atoms with van der Waals surface area (Å²) in [6.07, 6.45) is -2.18. The molecule has 2 N–H and O–H groups in total. The van der Waals surface area contributed by atoms with Crippen molar-refractivity contribution in [1.82, 2.24) is 0 Å². The van der Waals surface area contributed by atoms with Crippen LogP contribution in [0.4, 0.5) is 14.5 Å². The molecule has 0 bridgehead atoms. The fourth-order valence-electron chi connectivity index (χ4n) is 1.41. The number of alkyl halides is 1. The van der Waals surface area contributed by atoms with Crippen LogP contribution in [0.3, 0.4) is 0 Å². The number of nitrogens with two attached hydrogens (primary N) is 1. The minimum absolute atomic E-state index is 0.0183. The van der Waals surface area contributed by atoms with Crippen molar-refractivity contribution in [3.05, 3.63) is 39.7 Å². The van der Waals surface area contributed by atoms with E-state index in [1.807, 2.05) is 0 Å². The topological polar surface area (TPSA) is 95.5 Å². The lowest BCUT2D eigenvalue weighted by Gasteiger charge is -2.15. The highest BCUT2D eigenvalue weighted by Gasteiger charge is 2.29. The third-order valence-corrected chi connectivity index (χ3v) is 2.38. The van der Waals surface area contributed by atoms with Crippen LogP contribution in [0.1, 0.15) is 18.5 Å². The molecule has 0 saturated heterocycles. The number of nitro groups is 1. The Bertz CT molecular complexity index is 496. The first-order valence-electron chi connectivity index (χ1n) is 5.38. The summed E-state index contributed by atoms with van der Waals surface area (Å²) in [6, 6.07) is 1.22. The molecule has 1 aromatic carbocycles. The molecule has 19 heavy (non-hydrogen) atoms. The lowest BCUT2D eigenvalue weighted by Crippen LogP contribution is -2.31. The molecule has 6 nitrogen and oxygen atoms in total. The number of halogens is 2. The first-order valence-corrected chi connectivity index (χ1v) is 5.38. The van der Waals surface area contributed by atoms with E-state index in [1.54, 1.807) is 0 Å². The molecule has 0 aromatic heterocycles. The molecule has 0 aliphatic carbocycles. The van der Waals surface area contributed by atoms with Gasteiger partial charge in [-0.15, -0.1) is 0 Å². The Labute approximate surface area is 107 Å². The van der Waals surface area contributed by atoms with Crippen LogP contribution in [0.25, 0.3) is 0 Å². The predicted octanol–water partition coefficient (Wildman–Crippen LogP) is 1.63. The number of hydrogen-bond donors (Lipinski definition) is 1. The maximum absolute atomic E-state index is 13.6. The second-order valence-electron chi connectivity index (χ2n) is 3.65. The predicted molar refractivity (Wildman–Crippen MR) is 61.5 cm³/mol. The number of benzene rings is 1. The van der Waals surface area contributed by atoms with Crippen molar-refractivity contribution in [2.45, 2.75) is 19.1 Å². The van der Waals surface area contributed by atoms with Gasteiger partial charge in [-0.2, -0.15) is 4.39 Å². The van der Waals surface area contributed by atoms with Gasteiger partial charge in [0.1, 0.15) is 0 Å². The van der Waals surface area contributed by atoms with Gasteiger partial charge in [-0.25, -0.2) is 9.18 Å². The second-order valence-corrected chi connectivity index (χ2v) is 3.65. The normalized spacial score (nSPS) is 13.7. The van der Waals surface area contributed by atoms with Gasteiger partial charge in [0.2, 0.25) is 12.0 Å². The van der Waals surface area contributed by atoms with Crippen LogP contribution in [0.15, 0.2) is 18.2 Å². The Morgan fingerprint density at radius 1 is 1.58 bits per heavy atom. The molecule has 1 unspecified atom stereocenters. The third-order valence-electron chi connectivity index (χ3n) is 2.38. The largest absolute Gasteiger partial charge is 0.464 e. The first-order chi connectivity index (χ1) is 8.88. The van der Waals surface area contributed by atoms with Gasteiger partial charge in [0.05, 0.1) is 17.6 Å². The van der Waals surface area contributed by atoms with Gasteiger partial charge in [-0.05, 0) is 18.6 Å². The van der Waals surface area contributed by atoms with Crippen molar-refractivity contribution in [1.29, 1.82) is 0 Å². The van der Waals surface area contributed by atoms with Gasteiger partial charge >= 0.3 is 11.7 Å². The van der Waals surface area contributed by atoms with Gasteiger partial charge in [0, 0.05) is 6.07 Å². The van der Waals surface area contributed by atoms with Crippen molar-refractivity contribution in [3.8, 4) is 0 Å². The lowest BCUT2D eigenvalue weighted by molar-refractivity contribution is -0.387. The maximum Gasteiger partial charge on any atom is 0.342 e. The number of carbonyl (C=O) groups excluding carboxylic acids is 1. The summed E-state index contributed by atoms with van der Waals surface area (Å²) in [5.41, 5.74) is 4.58. The molecule has 0 spiro atoms. The molecule has 0 heterocycles. The fraction of sp³-hybridized carbons (Fsp3) is 0.364. The molecule has 0 fully saturated rings. The van der Waals surface area contributed by atoms with E-state index in [-0.39, 0.29) is 12.2 Å². The van der Waals surface area contributed by atoms with Crippen molar-refractivity contribution in [2.75, 3.05) is 6.61 Å². The third kappa shape index (κ3) is 3.44. The van der Waals surface area contributed by atoms with E-state index in [1.165, 1.54) is 6.92 Å². The molecule has 2 atom stereocenters. The number of carbonyl (C=O) groups is 1. The summed E-state index contributed by atoms with van der Waals surface area (Å²) in [5, 5.41) is 10.5. The summed E-state index contributed by atoms with van der Waals surface area (Å²) in [6.45, 7) is 1.48. The standard InChI is InChI=1S/C11H12F2N2O4/c1-2-19-11(16)9(13)10(14)6-3-4-7(12)8(5-6)15(17)18/h3-5,9-10H,2,14H2,1H3/t9?,10-/m1/s1. The SMILES string of the molecule is CCOC(=O)C(F)[C@H](N)c1ccc(F)c([N+](=O)[O-])c1. The van der Waals surface area contributed by atoms with Gasteiger partial charge < -0.3 is 10.5 Å². The van der Waals surface area contributed by atoms with Crippen molar-refractivity contribution < 1.29 is 23.2 Å². The smallest absolute Gasteiger partial charge is 0.342 e. The number of nitrogens with zero attached hydrogens (tertiary/aromatic N) is 1. The van der Waals surface area contributed by atoms with E-state index >= 15 is 0 Å². The molecule has 0 aliphatic rings. The molecule has 1 rings (SSSR count). The minimum atomic E-state index is -2.18. The van der Waals surface area contributed by atoms with Crippen LogP contribution in [-0.4, -0.2) is 23.7 Å². The Morgan fingerprint density at radius 2 is 2.21 bits per heavy atom. The second kappa shape index (κ2) is 6.19. The lowest BCUT2D eigenvalue weighted by atomic mass is 10.0. The zero-order valence-corrected chi connectivity index (χ0v) is 10.0. The van der Waals surface area contributed by atoms with E-state index in [2.05, 4.69) is 4.74 Å². The van der Waals surface area contributed by atoms with Crippen LogP contribution < -0.4 is 5.73 Å². The molecule has 8 heteroatoms. The molecular formula is C11H12F2N2O4. The highest BCUT2D eigenvalue weighted by molar-refractivity contribution is 5.75. The molecule has 0 radical (unpaired) electrons. The Morgan fingerprint density at radius 3 is 2.74 bits per heavy atom. The average Bonchev–Trinajstić information content (AvgIpc) is 2.37. The molecular weight excluding hydrogens is 262 g/mol. The van der Waals surface area contributed by atoms with Gasteiger partial charge in [-0.1, -0.05) is 6.07 Å². The number of ether oxygens (including phenoxy) is 1. The molecule has 1 aromatic rings.